The maximum atomic E-state index is 12.2. The maximum absolute atomic E-state index is 12.2. The van der Waals surface area contributed by atoms with Crippen molar-refractivity contribution >= 4 is 5.91 Å². The average Bonchev–Trinajstić information content (AvgIpc) is 2.74. The Bertz CT molecular complexity index is 663. The maximum Gasteiger partial charge on any atom is 0.222 e. The summed E-state index contributed by atoms with van der Waals surface area (Å²) in [5.41, 5.74) is 10.4. The second-order valence-corrected chi connectivity index (χ2v) is 6.17. The Morgan fingerprint density at radius 2 is 1.96 bits per heavy atom. The van der Waals surface area contributed by atoms with Crippen LogP contribution >= 0.6 is 0 Å². The minimum Gasteiger partial charge on any atom is -0.353 e. The first kappa shape index (κ1) is 17.2. The van der Waals surface area contributed by atoms with Gasteiger partial charge in [-0.3, -0.25) is 9.48 Å². The number of carbonyl (C=O) groups is 1. The van der Waals surface area contributed by atoms with Crippen molar-refractivity contribution in [3.8, 4) is 0 Å². The number of nitrogens with two attached hydrogens (primary N) is 1. The molecule has 5 heteroatoms. The highest BCUT2D eigenvalue weighted by atomic mass is 16.1. The lowest BCUT2D eigenvalue weighted by atomic mass is 10.0. The summed E-state index contributed by atoms with van der Waals surface area (Å²) in [6, 6.07) is 9.48. The number of carbonyl (C=O) groups excluding carboxylic acids is 1. The quantitative estimate of drug-likeness (QED) is 0.858. The number of aromatic nitrogens is 2. The molecule has 0 aliphatic carbocycles. The second kappa shape index (κ2) is 7.42. The minimum absolute atomic E-state index is 0.0203. The zero-order valence-corrected chi connectivity index (χ0v) is 14.3. The SMILES string of the molecule is Cc1nn(C)c(C)c1CC(C)NC(=O)CC(N)c1ccccc1. The van der Waals surface area contributed by atoms with Crippen LogP contribution in [0.5, 0.6) is 0 Å². The van der Waals surface area contributed by atoms with Gasteiger partial charge in [-0.15, -0.1) is 0 Å². The van der Waals surface area contributed by atoms with Gasteiger partial charge in [0.1, 0.15) is 0 Å². The summed E-state index contributed by atoms with van der Waals surface area (Å²) in [6.07, 6.45) is 1.07. The van der Waals surface area contributed by atoms with Crippen LogP contribution in [0.15, 0.2) is 30.3 Å². The van der Waals surface area contributed by atoms with Gasteiger partial charge in [-0.25, -0.2) is 0 Å². The number of hydrogen-bond donors (Lipinski definition) is 2. The lowest BCUT2D eigenvalue weighted by Gasteiger charge is -2.17. The number of amides is 1. The summed E-state index contributed by atoms with van der Waals surface area (Å²) < 4.78 is 1.88. The predicted molar refractivity (Wildman–Crippen MR) is 92.0 cm³/mol. The van der Waals surface area contributed by atoms with E-state index in [2.05, 4.69) is 17.3 Å². The Kier molecular flexibility index (Phi) is 5.55. The fourth-order valence-electron chi connectivity index (χ4n) is 2.82. The molecule has 2 unspecified atom stereocenters. The molecule has 3 N–H and O–H groups in total. The van der Waals surface area contributed by atoms with E-state index in [0.29, 0.717) is 6.42 Å². The molecule has 2 atom stereocenters. The lowest BCUT2D eigenvalue weighted by Crippen LogP contribution is -2.36. The monoisotopic (exact) mass is 314 g/mol. The van der Waals surface area contributed by atoms with E-state index >= 15 is 0 Å². The smallest absolute Gasteiger partial charge is 0.222 e. The number of nitrogens with one attached hydrogen (secondary N) is 1. The van der Waals surface area contributed by atoms with Crippen molar-refractivity contribution in [3.63, 3.8) is 0 Å². The van der Waals surface area contributed by atoms with Gasteiger partial charge in [0, 0.05) is 31.2 Å². The van der Waals surface area contributed by atoms with Crippen LogP contribution in [-0.2, 0) is 18.3 Å². The molecule has 0 saturated carbocycles. The third kappa shape index (κ3) is 4.42. The molecule has 23 heavy (non-hydrogen) atoms. The standard InChI is InChI=1S/C18H26N4O/c1-12(10-16-13(2)21-22(4)14(16)3)20-18(23)11-17(19)15-8-6-5-7-9-15/h5-9,12,17H,10-11,19H2,1-4H3,(H,20,23). The Balaban J connectivity index is 1.90. The molecule has 0 saturated heterocycles. The Hall–Kier alpha value is -2.14. The van der Waals surface area contributed by atoms with E-state index in [1.807, 2.05) is 55.9 Å². The Labute approximate surface area is 137 Å². The van der Waals surface area contributed by atoms with Gasteiger partial charge in [-0.05, 0) is 38.3 Å². The lowest BCUT2D eigenvalue weighted by molar-refractivity contribution is -0.122. The number of rotatable bonds is 6. The fraction of sp³-hybridized carbons (Fsp3) is 0.444. The molecule has 124 valence electrons. The van der Waals surface area contributed by atoms with Gasteiger partial charge in [0.25, 0.3) is 0 Å². The van der Waals surface area contributed by atoms with E-state index < -0.39 is 0 Å². The molecule has 2 rings (SSSR count). The van der Waals surface area contributed by atoms with E-state index in [9.17, 15) is 4.79 Å². The van der Waals surface area contributed by atoms with Gasteiger partial charge in [0.05, 0.1) is 5.69 Å². The molecule has 5 nitrogen and oxygen atoms in total. The molecule has 0 aliphatic rings. The molecule has 0 spiro atoms. The third-order valence-electron chi connectivity index (χ3n) is 4.21. The summed E-state index contributed by atoms with van der Waals surface area (Å²) in [6.45, 7) is 6.06. The summed E-state index contributed by atoms with van der Waals surface area (Å²) >= 11 is 0. The first-order valence-corrected chi connectivity index (χ1v) is 7.97. The molecule has 1 heterocycles. The molecule has 0 bridgehead atoms. The van der Waals surface area contributed by atoms with E-state index in [1.54, 1.807) is 0 Å². The van der Waals surface area contributed by atoms with E-state index in [-0.39, 0.29) is 18.0 Å². The van der Waals surface area contributed by atoms with Crippen LogP contribution < -0.4 is 11.1 Å². The van der Waals surface area contributed by atoms with Crippen molar-refractivity contribution in [2.24, 2.45) is 12.8 Å². The van der Waals surface area contributed by atoms with Crippen LogP contribution in [0.2, 0.25) is 0 Å². The van der Waals surface area contributed by atoms with Crippen molar-refractivity contribution in [2.45, 2.75) is 45.7 Å². The normalized spacial score (nSPS) is 13.6. The second-order valence-electron chi connectivity index (χ2n) is 6.17. The highest BCUT2D eigenvalue weighted by Crippen LogP contribution is 2.15. The predicted octanol–water partition coefficient (Wildman–Crippen LogP) is 2.17. The molecular weight excluding hydrogens is 288 g/mol. The molecule has 2 aromatic rings. The van der Waals surface area contributed by atoms with Gasteiger partial charge in [0.2, 0.25) is 5.91 Å². The van der Waals surface area contributed by atoms with Gasteiger partial charge in [-0.2, -0.15) is 5.10 Å². The van der Waals surface area contributed by atoms with Crippen molar-refractivity contribution in [2.75, 3.05) is 0 Å². The van der Waals surface area contributed by atoms with Crippen LogP contribution in [-0.4, -0.2) is 21.7 Å². The Morgan fingerprint density at radius 1 is 1.30 bits per heavy atom. The van der Waals surface area contributed by atoms with E-state index in [0.717, 1.165) is 23.4 Å². The molecule has 1 amide bonds. The van der Waals surface area contributed by atoms with Gasteiger partial charge >= 0.3 is 0 Å². The van der Waals surface area contributed by atoms with Crippen molar-refractivity contribution < 1.29 is 4.79 Å². The third-order valence-corrected chi connectivity index (χ3v) is 4.21. The zero-order chi connectivity index (χ0) is 17.0. The molecule has 0 aliphatic heterocycles. The molecule has 1 aromatic heterocycles. The number of hydrogen-bond acceptors (Lipinski definition) is 3. The van der Waals surface area contributed by atoms with E-state index in [4.69, 9.17) is 5.73 Å². The molecule has 0 radical (unpaired) electrons. The van der Waals surface area contributed by atoms with Gasteiger partial charge in [0.15, 0.2) is 0 Å². The Morgan fingerprint density at radius 3 is 2.52 bits per heavy atom. The van der Waals surface area contributed by atoms with Crippen LogP contribution in [0, 0.1) is 13.8 Å². The van der Waals surface area contributed by atoms with Gasteiger partial charge in [-0.1, -0.05) is 30.3 Å². The van der Waals surface area contributed by atoms with Crippen molar-refractivity contribution in [1.29, 1.82) is 0 Å². The number of aryl methyl sites for hydroxylation is 2. The highest BCUT2D eigenvalue weighted by Gasteiger charge is 2.16. The largest absolute Gasteiger partial charge is 0.353 e. The summed E-state index contributed by atoms with van der Waals surface area (Å²) in [5.74, 6) is -0.0203. The van der Waals surface area contributed by atoms with Crippen LogP contribution in [0.4, 0.5) is 0 Å². The number of benzene rings is 1. The average molecular weight is 314 g/mol. The minimum atomic E-state index is -0.273. The van der Waals surface area contributed by atoms with Crippen LogP contribution in [0.3, 0.4) is 0 Å². The summed E-state index contributed by atoms with van der Waals surface area (Å²) in [4.78, 5) is 12.2. The molecule has 1 aromatic carbocycles. The fourth-order valence-corrected chi connectivity index (χ4v) is 2.82. The van der Waals surface area contributed by atoms with Crippen LogP contribution in [0.1, 0.15) is 41.9 Å². The summed E-state index contributed by atoms with van der Waals surface area (Å²) in [7, 11) is 1.94. The van der Waals surface area contributed by atoms with Gasteiger partial charge < -0.3 is 11.1 Å². The van der Waals surface area contributed by atoms with Crippen molar-refractivity contribution in [1.82, 2.24) is 15.1 Å². The van der Waals surface area contributed by atoms with E-state index in [1.165, 1.54) is 5.56 Å². The summed E-state index contributed by atoms with van der Waals surface area (Å²) in [5, 5.41) is 7.45. The highest BCUT2D eigenvalue weighted by molar-refractivity contribution is 5.77. The molecular formula is C18H26N4O. The topological polar surface area (TPSA) is 72.9 Å². The van der Waals surface area contributed by atoms with Crippen LogP contribution in [0.25, 0.3) is 0 Å². The number of nitrogens with zero attached hydrogens (tertiary/aromatic N) is 2. The zero-order valence-electron chi connectivity index (χ0n) is 14.3. The molecule has 0 fully saturated rings. The van der Waals surface area contributed by atoms with Crippen molar-refractivity contribution in [3.05, 3.63) is 52.8 Å². The first-order valence-electron chi connectivity index (χ1n) is 7.97. The first-order chi connectivity index (χ1) is 10.9.